The summed E-state index contributed by atoms with van der Waals surface area (Å²) in [6.07, 6.45) is 4.12. The Labute approximate surface area is 120 Å². The van der Waals surface area contributed by atoms with Gasteiger partial charge in [-0.1, -0.05) is 17.7 Å². The number of nitro benzene ring substituents is 1. The van der Waals surface area contributed by atoms with Crippen molar-refractivity contribution in [3.8, 4) is 0 Å². The highest BCUT2D eigenvalue weighted by Gasteiger charge is 2.44. The number of amides is 1. The van der Waals surface area contributed by atoms with Crippen molar-refractivity contribution >= 4 is 23.1 Å². The zero-order valence-corrected chi connectivity index (χ0v) is 11.3. The van der Waals surface area contributed by atoms with Crippen molar-refractivity contribution in [1.82, 2.24) is 0 Å². The number of Topliss-reactive ketones (excluding diaryl/α,β-unsaturated/α-hetero) is 1. The van der Waals surface area contributed by atoms with Gasteiger partial charge in [-0.05, 0) is 25.5 Å². The second-order valence-corrected chi connectivity index (χ2v) is 5.14. The molecule has 1 saturated heterocycles. The van der Waals surface area contributed by atoms with Gasteiger partial charge in [0.1, 0.15) is 0 Å². The Morgan fingerprint density at radius 2 is 2.05 bits per heavy atom. The van der Waals surface area contributed by atoms with Crippen LogP contribution in [0, 0.1) is 16.0 Å². The Balaban J connectivity index is 2.09. The highest BCUT2D eigenvalue weighted by atomic mass is 16.6. The molecular weight excluding hydrogens is 272 g/mol. The zero-order chi connectivity index (χ0) is 15.1. The van der Waals surface area contributed by atoms with Crippen molar-refractivity contribution in [2.45, 2.75) is 13.3 Å². The van der Waals surface area contributed by atoms with Crippen LogP contribution in [0.3, 0.4) is 0 Å². The van der Waals surface area contributed by atoms with E-state index in [0.717, 1.165) is 5.57 Å². The molecule has 0 bridgehead atoms. The van der Waals surface area contributed by atoms with Crippen molar-refractivity contribution in [2.75, 3.05) is 4.90 Å². The number of anilines is 1. The Kier molecular flexibility index (Phi) is 2.94. The van der Waals surface area contributed by atoms with Crippen molar-refractivity contribution in [1.29, 1.82) is 0 Å². The molecule has 0 radical (unpaired) electrons. The number of carbonyl (C=O) groups is 2. The van der Waals surface area contributed by atoms with Gasteiger partial charge >= 0.3 is 0 Å². The lowest BCUT2D eigenvalue weighted by Crippen LogP contribution is -2.26. The Hall–Kier alpha value is -2.76. The minimum atomic E-state index is -0.630. The van der Waals surface area contributed by atoms with Crippen LogP contribution < -0.4 is 4.90 Å². The maximum Gasteiger partial charge on any atom is 0.299 e. The number of rotatable bonds is 2. The van der Waals surface area contributed by atoms with E-state index in [1.165, 1.54) is 23.1 Å². The van der Waals surface area contributed by atoms with E-state index < -0.39 is 22.5 Å². The van der Waals surface area contributed by atoms with Crippen LogP contribution in [0.25, 0.3) is 0 Å². The Morgan fingerprint density at radius 3 is 2.76 bits per heavy atom. The molecule has 1 amide bonds. The number of fused-ring (bicyclic) bond motifs is 1. The molecule has 6 heteroatoms. The zero-order valence-electron chi connectivity index (χ0n) is 11.3. The van der Waals surface area contributed by atoms with Crippen LogP contribution >= 0.6 is 0 Å². The summed E-state index contributed by atoms with van der Waals surface area (Å²) in [5, 5.41) is 10.9. The van der Waals surface area contributed by atoms with Crippen LogP contribution in [0.15, 0.2) is 47.7 Å². The quantitative estimate of drug-likeness (QED) is 0.474. The van der Waals surface area contributed by atoms with Gasteiger partial charge in [0.2, 0.25) is 5.78 Å². The molecule has 21 heavy (non-hydrogen) atoms. The molecule has 1 heterocycles. The molecule has 0 aromatic heterocycles. The number of carbonyl (C=O) groups excluding carboxylic acids is 2. The van der Waals surface area contributed by atoms with Crippen LogP contribution in [0.1, 0.15) is 13.3 Å². The number of allylic oxidation sites excluding steroid dienone is 4. The summed E-state index contributed by atoms with van der Waals surface area (Å²) in [7, 11) is 0. The molecule has 0 N–H and O–H groups in total. The molecule has 1 unspecified atom stereocenters. The van der Waals surface area contributed by atoms with E-state index in [9.17, 15) is 19.7 Å². The van der Waals surface area contributed by atoms with E-state index in [4.69, 9.17) is 0 Å². The first-order valence-corrected chi connectivity index (χ1v) is 6.49. The smallest absolute Gasteiger partial charge is 0.288 e. The normalized spacial score (nSPS) is 21.0. The standard InChI is InChI=1S/C15H12N2O4/c1-9-5-6-13-12(7-9)14(18)15(19)16(13)10-3-2-4-11(8-10)17(20)21/h2-6,8,12H,7H2,1H3. The summed E-state index contributed by atoms with van der Waals surface area (Å²) in [6, 6.07) is 5.75. The van der Waals surface area contributed by atoms with Gasteiger partial charge in [-0.3, -0.25) is 24.6 Å². The van der Waals surface area contributed by atoms with Crippen molar-refractivity contribution in [3.63, 3.8) is 0 Å². The lowest BCUT2D eigenvalue weighted by Gasteiger charge is -2.21. The average Bonchev–Trinajstić information content (AvgIpc) is 2.71. The number of nitro groups is 1. The molecule has 1 atom stereocenters. The molecule has 1 aromatic rings. The largest absolute Gasteiger partial charge is 0.299 e. The summed E-state index contributed by atoms with van der Waals surface area (Å²) in [6.45, 7) is 1.90. The van der Waals surface area contributed by atoms with E-state index >= 15 is 0 Å². The molecule has 1 aliphatic heterocycles. The molecule has 106 valence electrons. The SMILES string of the molecule is CC1=CC=C2C(C1)C(=O)C(=O)N2c1cccc([N+](=O)[O-])c1. The van der Waals surface area contributed by atoms with Crippen molar-refractivity contribution in [2.24, 2.45) is 5.92 Å². The van der Waals surface area contributed by atoms with Crippen molar-refractivity contribution in [3.05, 3.63) is 57.8 Å². The summed E-state index contributed by atoms with van der Waals surface area (Å²) < 4.78 is 0. The number of benzene rings is 1. The van der Waals surface area contributed by atoms with Crippen LogP contribution in [0.2, 0.25) is 0 Å². The van der Waals surface area contributed by atoms with Gasteiger partial charge in [0.15, 0.2) is 0 Å². The third kappa shape index (κ3) is 2.05. The van der Waals surface area contributed by atoms with E-state index in [2.05, 4.69) is 0 Å². The van der Waals surface area contributed by atoms with E-state index in [1.807, 2.05) is 13.0 Å². The Bertz CT molecular complexity index is 733. The van der Waals surface area contributed by atoms with Gasteiger partial charge < -0.3 is 0 Å². The first-order valence-electron chi connectivity index (χ1n) is 6.49. The van der Waals surface area contributed by atoms with Gasteiger partial charge in [-0.15, -0.1) is 0 Å². The molecule has 0 saturated carbocycles. The molecule has 1 fully saturated rings. The fraction of sp³-hybridized carbons (Fsp3) is 0.200. The van der Waals surface area contributed by atoms with Gasteiger partial charge in [0.05, 0.1) is 16.5 Å². The molecular formula is C15H12N2O4. The molecule has 6 nitrogen and oxygen atoms in total. The number of hydrogen-bond donors (Lipinski definition) is 0. The maximum absolute atomic E-state index is 12.2. The lowest BCUT2D eigenvalue weighted by molar-refractivity contribution is -0.384. The van der Waals surface area contributed by atoms with Crippen LogP contribution in [0.5, 0.6) is 0 Å². The minimum Gasteiger partial charge on any atom is -0.288 e. The fourth-order valence-electron chi connectivity index (χ4n) is 2.68. The number of nitrogens with zero attached hydrogens (tertiary/aromatic N) is 2. The lowest BCUT2D eigenvalue weighted by atomic mass is 9.91. The summed E-state index contributed by atoms with van der Waals surface area (Å²) in [4.78, 5) is 35.9. The van der Waals surface area contributed by atoms with E-state index in [1.54, 1.807) is 12.1 Å². The topological polar surface area (TPSA) is 80.5 Å². The third-order valence-corrected chi connectivity index (χ3v) is 3.71. The van der Waals surface area contributed by atoms with E-state index in [0.29, 0.717) is 17.8 Å². The summed E-state index contributed by atoms with van der Waals surface area (Å²) in [5.41, 5.74) is 1.87. The van der Waals surface area contributed by atoms with Gasteiger partial charge in [-0.2, -0.15) is 0 Å². The predicted octanol–water partition coefficient (Wildman–Crippen LogP) is 2.36. The van der Waals surface area contributed by atoms with Crippen molar-refractivity contribution < 1.29 is 14.5 Å². The third-order valence-electron chi connectivity index (χ3n) is 3.71. The number of hydrogen-bond acceptors (Lipinski definition) is 4. The molecule has 1 aliphatic carbocycles. The molecule has 2 aliphatic rings. The van der Waals surface area contributed by atoms with Gasteiger partial charge in [0.25, 0.3) is 11.6 Å². The summed E-state index contributed by atoms with van der Waals surface area (Å²) >= 11 is 0. The first kappa shape index (κ1) is 13.2. The highest BCUT2D eigenvalue weighted by Crippen LogP contribution is 2.38. The monoisotopic (exact) mass is 284 g/mol. The number of non-ortho nitro benzene ring substituents is 1. The first-order chi connectivity index (χ1) is 9.99. The predicted molar refractivity (Wildman–Crippen MR) is 75.5 cm³/mol. The highest BCUT2D eigenvalue weighted by molar-refractivity contribution is 6.46. The van der Waals surface area contributed by atoms with Gasteiger partial charge in [-0.25, -0.2) is 0 Å². The summed E-state index contributed by atoms with van der Waals surface area (Å²) in [5.74, 6) is -1.56. The second-order valence-electron chi connectivity index (χ2n) is 5.14. The van der Waals surface area contributed by atoms with Crippen LogP contribution in [-0.4, -0.2) is 16.6 Å². The number of ketones is 1. The van der Waals surface area contributed by atoms with Crippen LogP contribution in [0.4, 0.5) is 11.4 Å². The molecule has 0 spiro atoms. The van der Waals surface area contributed by atoms with Gasteiger partial charge in [0, 0.05) is 17.8 Å². The van der Waals surface area contributed by atoms with E-state index in [-0.39, 0.29) is 5.69 Å². The Morgan fingerprint density at radius 1 is 1.29 bits per heavy atom. The molecule has 3 rings (SSSR count). The average molecular weight is 284 g/mol. The maximum atomic E-state index is 12.2. The minimum absolute atomic E-state index is 0.112. The molecule has 1 aromatic carbocycles. The van der Waals surface area contributed by atoms with Crippen LogP contribution in [-0.2, 0) is 9.59 Å². The fourth-order valence-corrected chi connectivity index (χ4v) is 2.68. The second kappa shape index (κ2) is 4.66.